The number of amides is 1. The Morgan fingerprint density at radius 2 is 1.60 bits per heavy atom. The third-order valence-corrected chi connectivity index (χ3v) is 5.31. The lowest BCUT2D eigenvalue weighted by molar-refractivity contribution is -0.113. The number of hydrogen-bond donors (Lipinski definition) is 1. The number of rotatable bonds is 7. The molecular weight excluding hydrogens is 396 g/mol. The van der Waals surface area contributed by atoms with Crippen LogP contribution in [-0.4, -0.2) is 33.5 Å². The number of thioether (sulfide) groups is 1. The molecule has 0 fully saturated rings. The lowest BCUT2D eigenvalue weighted by Gasteiger charge is -2.12. The highest BCUT2D eigenvalue weighted by molar-refractivity contribution is 7.99. The van der Waals surface area contributed by atoms with Crippen LogP contribution in [-0.2, 0) is 4.79 Å². The number of methoxy groups -OCH3 is 1. The van der Waals surface area contributed by atoms with E-state index in [1.54, 1.807) is 7.11 Å². The van der Waals surface area contributed by atoms with Crippen LogP contribution in [0.4, 0.5) is 5.69 Å². The van der Waals surface area contributed by atoms with E-state index in [1.165, 1.54) is 11.8 Å². The molecule has 150 valence electrons. The van der Waals surface area contributed by atoms with Gasteiger partial charge in [-0.15, -0.1) is 10.2 Å². The predicted molar refractivity (Wildman–Crippen MR) is 119 cm³/mol. The van der Waals surface area contributed by atoms with Crippen molar-refractivity contribution in [2.75, 3.05) is 18.2 Å². The van der Waals surface area contributed by atoms with Gasteiger partial charge in [0.25, 0.3) is 0 Å². The molecule has 0 aliphatic carbocycles. The molecule has 0 saturated carbocycles. The zero-order valence-electron chi connectivity index (χ0n) is 16.4. The smallest absolute Gasteiger partial charge is 0.234 e. The zero-order chi connectivity index (χ0) is 20.8. The van der Waals surface area contributed by atoms with E-state index < -0.39 is 0 Å². The largest absolute Gasteiger partial charge is 0.496 e. The summed E-state index contributed by atoms with van der Waals surface area (Å²) >= 11 is 1.33. The molecule has 7 heteroatoms. The van der Waals surface area contributed by atoms with Crippen LogP contribution in [0.15, 0.2) is 90.1 Å². The Labute approximate surface area is 178 Å². The average Bonchev–Trinajstić information content (AvgIpc) is 3.22. The number of hydrogen-bond acceptors (Lipinski definition) is 5. The van der Waals surface area contributed by atoms with Crippen molar-refractivity contribution in [3.05, 3.63) is 84.9 Å². The van der Waals surface area contributed by atoms with E-state index in [-0.39, 0.29) is 11.7 Å². The monoisotopic (exact) mass is 416 g/mol. The van der Waals surface area contributed by atoms with E-state index in [0.717, 1.165) is 16.9 Å². The summed E-state index contributed by atoms with van der Waals surface area (Å²) in [6.45, 7) is 0. The molecule has 0 aliphatic heterocycles. The van der Waals surface area contributed by atoms with Crippen LogP contribution >= 0.6 is 11.8 Å². The van der Waals surface area contributed by atoms with Gasteiger partial charge in [0.2, 0.25) is 5.91 Å². The maximum atomic E-state index is 12.4. The van der Waals surface area contributed by atoms with Crippen LogP contribution in [0.5, 0.6) is 5.75 Å². The summed E-state index contributed by atoms with van der Waals surface area (Å²) in [4.78, 5) is 12.4. The molecule has 4 aromatic rings. The van der Waals surface area contributed by atoms with Crippen molar-refractivity contribution < 1.29 is 9.53 Å². The first-order valence-corrected chi connectivity index (χ1v) is 10.4. The summed E-state index contributed by atoms with van der Waals surface area (Å²) in [5.41, 5.74) is 2.51. The first kappa shape index (κ1) is 19.7. The highest BCUT2D eigenvalue weighted by Crippen LogP contribution is 2.33. The van der Waals surface area contributed by atoms with Crippen LogP contribution in [0.3, 0.4) is 0 Å². The molecule has 1 heterocycles. The van der Waals surface area contributed by atoms with Crippen molar-refractivity contribution in [3.63, 3.8) is 0 Å². The average molecular weight is 417 g/mol. The van der Waals surface area contributed by atoms with Crippen LogP contribution in [0.1, 0.15) is 0 Å². The Morgan fingerprint density at radius 3 is 2.33 bits per heavy atom. The van der Waals surface area contributed by atoms with Crippen LogP contribution in [0.25, 0.3) is 17.1 Å². The van der Waals surface area contributed by atoms with Gasteiger partial charge in [0.05, 0.1) is 18.4 Å². The van der Waals surface area contributed by atoms with Crippen molar-refractivity contribution in [3.8, 4) is 22.8 Å². The molecule has 0 spiro atoms. The summed E-state index contributed by atoms with van der Waals surface area (Å²) in [6, 6.07) is 26.9. The first-order valence-electron chi connectivity index (χ1n) is 9.38. The molecule has 0 radical (unpaired) electrons. The number of anilines is 1. The number of aromatic nitrogens is 3. The van der Waals surface area contributed by atoms with E-state index in [2.05, 4.69) is 15.5 Å². The number of carbonyl (C=O) groups excluding carboxylic acids is 1. The Kier molecular flexibility index (Phi) is 6.10. The number of ether oxygens (including phenoxy) is 1. The first-order chi connectivity index (χ1) is 14.8. The third kappa shape index (κ3) is 4.36. The summed E-state index contributed by atoms with van der Waals surface area (Å²) < 4.78 is 7.46. The number of benzene rings is 3. The Morgan fingerprint density at radius 1 is 0.933 bits per heavy atom. The molecule has 0 unspecified atom stereocenters. The maximum Gasteiger partial charge on any atom is 0.234 e. The van der Waals surface area contributed by atoms with Gasteiger partial charge in [-0.3, -0.25) is 9.36 Å². The number of nitrogens with zero attached hydrogens (tertiary/aromatic N) is 3. The summed E-state index contributed by atoms with van der Waals surface area (Å²) in [5.74, 6) is 1.48. The van der Waals surface area contributed by atoms with Gasteiger partial charge in [-0.2, -0.15) is 0 Å². The van der Waals surface area contributed by atoms with Crippen molar-refractivity contribution in [2.24, 2.45) is 0 Å². The van der Waals surface area contributed by atoms with Crippen LogP contribution in [0.2, 0.25) is 0 Å². The van der Waals surface area contributed by atoms with Gasteiger partial charge in [-0.1, -0.05) is 60.3 Å². The summed E-state index contributed by atoms with van der Waals surface area (Å²) in [5, 5.41) is 12.3. The van der Waals surface area contributed by atoms with Crippen LogP contribution < -0.4 is 10.1 Å². The summed E-state index contributed by atoms with van der Waals surface area (Å²) in [7, 11) is 1.63. The molecule has 1 aromatic heterocycles. The molecule has 0 saturated heterocycles. The van der Waals surface area contributed by atoms with E-state index in [9.17, 15) is 4.79 Å². The fraction of sp³-hybridized carbons (Fsp3) is 0.0870. The normalized spacial score (nSPS) is 10.6. The molecule has 1 amide bonds. The van der Waals surface area contributed by atoms with E-state index in [0.29, 0.717) is 16.7 Å². The standard InChI is InChI=1S/C23H20N4O2S/c1-29-20-15-9-8-14-19(20)22-25-26-23(27(22)18-12-6-3-7-13-18)30-16-21(28)24-17-10-4-2-5-11-17/h2-15H,16H2,1H3,(H,24,28). The molecule has 0 atom stereocenters. The molecule has 3 aromatic carbocycles. The summed E-state index contributed by atoms with van der Waals surface area (Å²) in [6.07, 6.45) is 0. The van der Waals surface area contributed by atoms with Gasteiger partial charge in [-0.05, 0) is 36.4 Å². The molecular formula is C23H20N4O2S. The predicted octanol–water partition coefficient (Wildman–Crippen LogP) is 4.67. The van der Waals surface area contributed by atoms with Gasteiger partial charge in [0.1, 0.15) is 5.75 Å². The van der Waals surface area contributed by atoms with Crippen LogP contribution in [0, 0.1) is 0 Å². The molecule has 4 rings (SSSR count). The zero-order valence-corrected chi connectivity index (χ0v) is 17.2. The topological polar surface area (TPSA) is 69.0 Å². The Bertz CT molecular complexity index is 1130. The lowest BCUT2D eigenvalue weighted by atomic mass is 10.2. The Balaban J connectivity index is 1.64. The molecule has 0 bridgehead atoms. The molecule has 6 nitrogen and oxygen atoms in total. The van der Waals surface area contributed by atoms with Gasteiger partial charge in [0.15, 0.2) is 11.0 Å². The van der Waals surface area contributed by atoms with Crippen molar-refractivity contribution in [1.29, 1.82) is 0 Å². The quantitative estimate of drug-likeness (QED) is 0.443. The highest BCUT2D eigenvalue weighted by Gasteiger charge is 2.19. The minimum atomic E-state index is -0.104. The maximum absolute atomic E-state index is 12.4. The molecule has 0 aliphatic rings. The van der Waals surface area contributed by atoms with Crippen molar-refractivity contribution in [2.45, 2.75) is 5.16 Å². The van der Waals surface area contributed by atoms with Crippen molar-refractivity contribution >= 4 is 23.4 Å². The molecule has 1 N–H and O–H groups in total. The van der Waals surface area contributed by atoms with Crippen molar-refractivity contribution in [1.82, 2.24) is 14.8 Å². The third-order valence-electron chi connectivity index (χ3n) is 4.39. The van der Waals surface area contributed by atoms with Gasteiger partial charge >= 0.3 is 0 Å². The second-order valence-corrected chi connectivity index (χ2v) is 7.32. The van der Waals surface area contributed by atoms with E-state index in [4.69, 9.17) is 4.74 Å². The number of carbonyl (C=O) groups is 1. The van der Waals surface area contributed by atoms with E-state index >= 15 is 0 Å². The highest BCUT2D eigenvalue weighted by atomic mass is 32.2. The second kappa shape index (κ2) is 9.28. The Hall–Kier alpha value is -3.58. The minimum Gasteiger partial charge on any atom is -0.496 e. The SMILES string of the molecule is COc1ccccc1-c1nnc(SCC(=O)Nc2ccccc2)n1-c1ccccc1. The lowest BCUT2D eigenvalue weighted by Crippen LogP contribution is -2.14. The van der Waals surface area contributed by atoms with Gasteiger partial charge < -0.3 is 10.1 Å². The fourth-order valence-electron chi connectivity index (χ4n) is 3.03. The fourth-order valence-corrected chi connectivity index (χ4v) is 3.78. The minimum absolute atomic E-state index is 0.104. The number of nitrogens with one attached hydrogen (secondary N) is 1. The number of para-hydroxylation sites is 3. The van der Waals surface area contributed by atoms with Gasteiger partial charge in [0, 0.05) is 11.4 Å². The van der Waals surface area contributed by atoms with Gasteiger partial charge in [-0.25, -0.2) is 0 Å². The molecule has 30 heavy (non-hydrogen) atoms. The van der Waals surface area contributed by atoms with E-state index in [1.807, 2.05) is 89.5 Å². The second-order valence-electron chi connectivity index (χ2n) is 6.38.